The monoisotopic (exact) mass is 296 g/mol. The van der Waals surface area contributed by atoms with Crippen LogP contribution in [-0.4, -0.2) is 50.3 Å². The molecule has 0 radical (unpaired) electrons. The number of hydrogen-bond acceptors (Lipinski definition) is 4. The molecule has 0 aliphatic carbocycles. The summed E-state index contributed by atoms with van der Waals surface area (Å²) in [6, 6.07) is 0.632. The van der Waals surface area contributed by atoms with Gasteiger partial charge < -0.3 is 25.6 Å². The Hall–Kier alpha value is -0.660. The van der Waals surface area contributed by atoms with Gasteiger partial charge in [0.1, 0.15) is 6.61 Å². The lowest BCUT2D eigenvalue weighted by molar-refractivity contribution is 0.0978. The van der Waals surface area contributed by atoms with Gasteiger partial charge in [0.15, 0.2) is 0 Å². The molecule has 0 spiro atoms. The summed E-state index contributed by atoms with van der Waals surface area (Å²) < 4.78 is 5.30. The molecule has 0 aromatic rings. The number of thiocarbonyl (C=S) groups is 2. The van der Waals surface area contributed by atoms with Crippen molar-refractivity contribution in [2.24, 2.45) is 5.73 Å². The van der Waals surface area contributed by atoms with Gasteiger partial charge in [-0.3, -0.25) is 0 Å². The van der Waals surface area contributed by atoms with Crippen LogP contribution in [0.4, 0.5) is 0 Å². The molecule has 0 heterocycles. The maximum atomic E-state index is 9.06. The van der Waals surface area contributed by atoms with Crippen molar-refractivity contribution in [2.75, 3.05) is 6.61 Å². The second-order valence-corrected chi connectivity index (χ2v) is 5.13. The lowest BCUT2D eigenvalue weighted by Gasteiger charge is -2.32. The molecular formula is C11H24N2O3S2. The number of aliphatic hydroxyl groups excluding tert-OH is 2. The Balaban J connectivity index is 0. The minimum absolute atomic E-state index is 0.259. The molecule has 0 amide bonds. The lowest BCUT2D eigenvalue weighted by atomic mass is 10.2. The SMILES string of the molecule is CC(O)COC(=S)N(C(C)C)C(C)C.NC(O)=S. The second-order valence-electron chi connectivity index (χ2n) is 4.36. The fourth-order valence-corrected chi connectivity index (χ4v) is 1.77. The molecule has 18 heavy (non-hydrogen) atoms. The molecule has 0 fully saturated rings. The van der Waals surface area contributed by atoms with Crippen LogP contribution in [0.5, 0.6) is 0 Å². The summed E-state index contributed by atoms with van der Waals surface area (Å²) in [5.74, 6) is 0. The van der Waals surface area contributed by atoms with Gasteiger partial charge in [0.25, 0.3) is 10.3 Å². The van der Waals surface area contributed by atoms with Crippen molar-refractivity contribution in [3.8, 4) is 0 Å². The Morgan fingerprint density at radius 1 is 1.17 bits per heavy atom. The number of nitrogens with two attached hydrogens (primary N) is 1. The average molecular weight is 296 g/mol. The molecule has 0 aliphatic heterocycles. The van der Waals surface area contributed by atoms with Crippen LogP contribution >= 0.6 is 24.4 Å². The van der Waals surface area contributed by atoms with Gasteiger partial charge in [0.05, 0.1) is 6.10 Å². The summed E-state index contributed by atoms with van der Waals surface area (Å²) in [5.41, 5.74) is 4.40. The summed E-state index contributed by atoms with van der Waals surface area (Å²) in [6.45, 7) is 10.2. The van der Waals surface area contributed by atoms with Crippen LogP contribution in [0.15, 0.2) is 0 Å². The molecule has 0 rings (SSSR count). The number of aliphatic hydroxyl groups is 2. The molecule has 1 unspecified atom stereocenters. The van der Waals surface area contributed by atoms with Crippen LogP contribution < -0.4 is 5.73 Å². The first-order chi connectivity index (χ1) is 8.09. The number of rotatable bonds is 4. The molecule has 5 nitrogen and oxygen atoms in total. The van der Waals surface area contributed by atoms with Gasteiger partial charge in [-0.15, -0.1) is 0 Å². The van der Waals surface area contributed by atoms with E-state index in [0.29, 0.717) is 17.3 Å². The van der Waals surface area contributed by atoms with Gasteiger partial charge >= 0.3 is 0 Å². The van der Waals surface area contributed by atoms with E-state index >= 15 is 0 Å². The zero-order chi connectivity index (χ0) is 14.9. The minimum Gasteiger partial charge on any atom is -0.487 e. The molecule has 0 bridgehead atoms. The van der Waals surface area contributed by atoms with Gasteiger partial charge in [0, 0.05) is 12.1 Å². The summed E-state index contributed by atoms with van der Waals surface area (Å²) in [4.78, 5) is 2.01. The predicted octanol–water partition coefficient (Wildman–Crippen LogP) is 1.58. The first-order valence-electron chi connectivity index (χ1n) is 5.71. The van der Waals surface area contributed by atoms with Crippen LogP contribution in [0.3, 0.4) is 0 Å². The lowest BCUT2D eigenvalue weighted by Crippen LogP contribution is -2.42. The normalized spacial score (nSPS) is 11.6. The number of hydrogen-bond donors (Lipinski definition) is 3. The van der Waals surface area contributed by atoms with Crippen molar-refractivity contribution in [2.45, 2.75) is 52.8 Å². The fraction of sp³-hybridized carbons (Fsp3) is 0.818. The molecule has 0 aromatic carbocycles. The van der Waals surface area contributed by atoms with E-state index in [2.05, 4.69) is 45.6 Å². The molecule has 7 heteroatoms. The molecule has 0 saturated carbocycles. The van der Waals surface area contributed by atoms with Gasteiger partial charge in [-0.05, 0) is 59.1 Å². The van der Waals surface area contributed by atoms with Gasteiger partial charge in [0.2, 0.25) is 0 Å². The predicted molar refractivity (Wildman–Crippen MR) is 81.8 cm³/mol. The smallest absolute Gasteiger partial charge is 0.259 e. The third-order valence-corrected chi connectivity index (χ3v) is 2.10. The van der Waals surface area contributed by atoms with Crippen LogP contribution in [-0.2, 0) is 4.74 Å². The summed E-state index contributed by atoms with van der Waals surface area (Å²) in [6.07, 6.45) is -0.478. The Bertz CT molecular complexity index is 247. The topological polar surface area (TPSA) is 79.0 Å². The molecule has 4 N–H and O–H groups in total. The first kappa shape index (κ1) is 19.7. The second kappa shape index (κ2) is 10.3. The van der Waals surface area contributed by atoms with E-state index in [9.17, 15) is 0 Å². The van der Waals surface area contributed by atoms with Crippen LogP contribution in [0, 0.1) is 0 Å². The fourth-order valence-electron chi connectivity index (χ4n) is 1.28. The highest BCUT2D eigenvalue weighted by Gasteiger charge is 2.18. The minimum atomic E-state index is -0.500. The Labute approximate surface area is 120 Å². The van der Waals surface area contributed by atoms with E-state index in [4.69, 9.17) is 27.2 Å². The van der Waals surface area contributed by atoms with Gasteiger partial charge in [-0.2, -0.15) is 0 Å². The van der Waals surface area contributed by atoms with Crippen molar-refractivity contribution in [1.29, 1.82) is 0 Å². The van der Waals surface area contributed by atoms with Gasteiger partial charge in [-0.25, -0.2) is 0 Å². The quantitative estimate of drug-likeness (QED) is 0.680. The Kier molecular flexibility index (Phi) is 11.2. The third-order valence-electron chi connectivity index (χ3n) is 1.77. The maximum Gasteiger partial charge on any atom is 0.259 e. The van der Waals surface area contributed by atoms with Crippen LogP contribution in [0.2, 0.25) is 0 Å². The van der Waals surface area contributed by atoms with E-state index < -0.39 is 11.3 Å². The van der Waals surface area contributed by atoms with Crippen LogP contribution in [0.1, 0.15) is 34.6 Å². The summed E-state index contributed by atoms with van der Waals surface area (Å²) >= 11 is 9.01. The molecular weight excluding hydrogens is 272 g/mol. The van der Waals surface area contributed by atoms with Crippen molar-refractivity contribution in [1.82, 2.24) is 4.90 Å². The molecule has 1 atom stereocenters. The van der Waals surface area contributed by atoms with E-state index in [1.165, 1.54) is 0 Å². The summed E-state index contributed by atoms with van der Waals surface area (Å²) in [7, 11) is 0. The standard InChI is InChI=1S/C10H21NO2S.CH3NOS/c1-7(2)11(8(3)4)10(14)13-6-9(5)12;2-1(3)4/h7-9,12H,6H2,1-5H3;(H3,2,3,4). The van der Waals surface area contributed by atoms with E-state index in [1.807, 2.05) is 4.90 Å². The highest BCUT2D eigenvalue weighted by atomic mass is 32.1. The molecule has 0 saturated heterocycles. The molecule has 0 aromatic heterocycles. The highest BCUT2D eigenvalue weighted by Crippen LogP contribution is 2.07. The van der Waals surface area contributed by atoms with E-state index in [1.54, 1.807) is 6.92 Å². The zero-order valence-corrected chi connectivity index (χ0v) is 13.2. The largest absolute Gasteiger partial charge is 0.487 e. The highest BCUT2D eigenvalue weighted by molar-refractivity contribution is 7.80. The van der Waals surface area contributed by atoms with Crippen molar-refractivity contribution >= 4 is 34.8 Å². The Morgan fingerprint density at radius 2 is 1.50 bits per heavy atom. The Morgan fingerprint density at radius 3 is 1.72 bits per heavy atom. The van der Waals surface area contributed by atoms with Gasteiger partial charge in [-0.1, -0.05) is 0 Å². The van der Waals surface area contributed by atoms with Crippen molar-refractivity contribution in [3.63, 3.8) is 0 Å². The average Bonchev–Trinajstić information content (AvgIpc) is 2.12. The number of nitrogens with zero attached hydrogens (tertiary/aromatic N) is 1. The van der Waals surface area contributed by atoms with E-state index in [0.717, 1.165) is 0 Å². The van der Waals surface area contributed by atoms with Crippen molar-refractivity contribution < 1.29 is 14.9 Å². The summed E-state index contributed by atoms with van der Waals surface area (Å²) in [5, 5.41) is 16.6. The number of ether oxygens (including phenoxy) is 1. The van der Waals surface area contributed by atoms with Crippen LogP contribution in [0.25, 0.3) is 0 Å². The zero-order valence-electron chi connectivity index (χ0n) is 11.6. The van der Waals surface area contributed by atoms with E-state index in [-0.39, 0.29) is 6.61 Å². The third kappa shape index (κ3) is 11.8. The first-order valence-corrected chi connectivity index (χ1v) is 6.52. The molecule has 108 valence electrons. The van der Waals surface area contributed by atoms with Crippen molar-refractivity contribution in [3.05, 3.63) is 0 Å². The molecule has 0 aliphatic rings. The maximum absolute atomic E-state index is 9.06.